The number of anilines is 1. The van der Waals surface area contributed by atoms with Crippen molar-refractivity contribution in [2.75, 3.05) is 11.9 Å². The van der Waals surface area contributed by atoms with Gasteiger partial charge in [-0.05, 0) is 44.0 Å². The Morgan fingerprint density at radius 2 is 2.18 bits per heavy atom. The van der Waals surface area contributed by atoms with Gasteiger partial charge in [-0.1, -0.05) is 6.08 Å². The normalized spacial score (nSPS) is 11.3. The smallest absolute Gasteiger partial charge is 0.174 e. The molecule has 0 aliphatic rings. The van der Waals surface area contributed by atoms with Gasteiger partial charge in [-0.15, -0.1) is 6.58 Å². The first-order chi connectivity index (χ1) is 8.26. The van der Waals surface area contributed by atoms with E-state index in [2.05, 4.69) is 18.8 Å². The highest BCUT2D eigenvalue weighted by atomic mass is 16.5. The fraction of sp³-hybridized carbons (Fsp3) is 0.357. The lowest BCUT2D eigenvalue weighted by molar-refractivity contribution is 0.368. The van der Waals surface area contributed by atoms with Gasteiger partial charge in [0.2, 0.25) is 0 Å². The second-order valence-corrected chi connectivity index (χ2v) is 3.88. The zero-order valence-corrected chi connectivity index (χ0v) is 10.1. The minimum atomic E-state index is 0.0858. The third kappa shape index (κ3) is 5.07. The lowest BCUT2D eigenvalue weighted by atomic mass is 10.1. The number of nitrogens with zero attached hydrogens (tertiary/aromatic N) is 1. The van der Waals surface area contributed by atoms with Crippen LogP contribution in [0.15, 0.2) is 36.9 Å². The molecule has 0 bridgehead atoms. The Labute approximate surface area is 103 Å². The van der Waals surface area contributed by atoms with Crippen LogP contribution in [0, 0.1) is 11.3 Å². The summed E-state index contributed by atoms with van der Waals surface area (Å²) in [5, 5.41) is 11.8. The summed E-state index contributed by atoms with van der Waals surface area (Å²) in [7, 11) is 0. The molecule has 0 aliphatic carbocycles. The molecule has 3 nitrogen and oxygen atoms in total. The summed E-state index contributed by atoms with van der Waals surface area (Å²) >= 11 is 0. The maximum atomic E-state index is 8.39. The quantitative estimate of drug-likeness (QED) is 0.730. The average molecular weight is 230 g/mol. The van der Waals surface area contributed by atoms with Crippen LogP contribution in [0.1, 0.15) is 19.8 Å². The number of hydrogen-bond donors (Lipinski definition) is 1. The zero-order valence-electron chi connectivity index (χ0n) is 10.1. The molecule has 1 unspecified atom stereocenters. The van der Waals surface area contributed by atoms with Crippen LogP contribution >= 0.6 is 0 Å². The molecule has 1 atom stereocenters. The van der Waals surface area contributed by atoms with Crippen molar-refractivity contribution in [3.63, 3.8) is 0 Å². The Morgan fingerprint density at radius 3 is 2.76 bits per heavy atom. The maximum absolute atomic E-state index is 8.39. The number of nitriles is 1. The highest BCUT2D eigenvalue weighted by Gasteiger charge is 2.01. The van der Waals surface area contributed by atoms with Crippen molar-refractivity contribution in [2.24, 2.45) is 0 Å². The van der Waals surface area contributed by atoms with Gasteiger partial charge in [-0.2, -0.15) is 5.26 Å². The van der Waals surface area contributed by atoms with Crippen molar-refractivity contribution in [1.82, 2.24) is 0 Å². The van der Waals surface area contributed by atoms with Crippen molar-refractivity contribution in [2.45, 2.75) is 25.8 Å². The van der Waals surface area contributed by atoms with Crippen LogP contribution < -0.4 is 10.1 Å². The summed E-state index contributed by atoms with van der Waals surface area (Å²) in [6, 6.07) is 9.99. The molecule has 0 aromatic heterocycles. The number of allylic oxidation sites excluding steroid dienone is 1. The average Bonchev–Trinajstić information content (AvgIpc) is 2.35. The molecule has 0 fully saturated rings. The highest BCUT2D eigenvalue weighted by molar-refractivity contribution is 5.46. The van der Waals surface area contributed by atoms with Gasteiger partial charge in [-0.25, -0.2) is 0 Å². The number of benzene rings is 1. The molecule has 1 N–H and O–H groups in total. The van der Waals surface area contributed by atoms with Gasteiger partial charge in [0.25, 0.3) is 0 Å². The van der Waals surface area contributed by atoms with Gasteiger partial charge in [-0.3, -0.25) is 0 Å². The monoisotopic (exact) mass is 230 g/mol. The SMILES string of the molecule is C=CCCC(C)Nc1ccc(OCC#N)cc1. The van der Waals surface area contributed by atoms with Crippen molar-refractivity contribution in [1.29, 1.82) is 5.26 Å². The number of nitrogens with one attached hydrogen (secondary N) is 1. The Kier molecular flexibility index (Phi) is 5.67. The third-order valence-electron chi connectivity index (χ3n) is 2.37. The van der Waals surface area contributed by atoms with Crippen molar-refractivity contribution >= 4 is 5.69 Å². The molecular formula is C14H18N2O. The summed E-state index contributed by atoms with van der Waals surface area (Å²) in [6.07, 6.45) is 4.00. The molecule has 0 saturated carbocycles. The van der Waals surface area contributed by atoms with Crippen LogP contribution in [-0.2, 0) is 0 Å². The second kappa shape index (κ2) is 7.34. The van der Waals surface area contributed by atoms with Gasteiger partial charge in [0, 0.05) is 11.7 Å². The van der Waals surface area contributed by atoms with Gasteiger partial charge < -0.3 is 10.1 Å². The summed E-state index contributed by atoms with van der Waals surface area (Å²) in [4.78, 5) is 0. The van der Waals surface area contributed by atoms with E-state index in [0.717, 1.165) is 24.3 Å². The van der Waals surface area contributed by atoms with Crippen LogP contribution in [0.5, 0.6) is 5.75 Å². The largest absolute Gasteiger partial charge is 0.479 e. The summed E-state index contributed by atoms with van der Waals surface area (Å²) < 4.78 is 5.18. The molecule has 3 heteroatoms. The molecule has 1 aromatic rings. The summed E-state index contributed by atoms with van der Waals surface area (Å²) in [5.74, 6) is 0.718. The van der Waals surface area contributed by atoms with Crippen LogP contribution in [0.4, 0.5) is 5.69 Å². The summed E-state index contributed by atoms with van der Waals surface area (Å²) in [6.45, 7) is 5.94. The first kappa shape index (κ1) is 13.1. The second-order valence-electron chi connectivity index (χ2n) is 3.88. The van der Waals surface area contributed by atoms with E-state index in [4.69, 9.17) is 10.00 Å². The van der Waals surface area contributed by atoms with E-state index in [0.29, 0.717) is 6.04 Å². The Bertz CT molecular complexity index is 378. The van der Waals surface area contributed by atoms with Crippen LogP contribution in [0.25, 0.3) is 0 Å². The Morgan fingerprint density at radius 1 is 1.47 bits per heavy atom. The van der Waals surface area contributed by atoms with Gasteiger partial charge in [0.15, 0.2) is 6.61 Å². The number of hydrogen-bond acceptors (Lipinski definition) is 3. The number of ether oxygens (including phenoxy) is 1. The molecule has 0 aliphatic heterocycles. The lowest BCUT2D eigenvalue weighted by Gasteiger charge is -2.14. The summed E-state index contributed by atoms with van der Waals surface area (Å²) in [5.41, 5.74) is 1.06. The molecule has 17 heavy (non-hydrogen) atoms. The van der Waals surface area contributed by atoms with Gasteiger partial charge >= 0.3 is 0 Å². The third-order valence-corrected chi connectivity index (χ3v) is 2.37. The molecule has 1 rings (SSSR count). The van der Waals surface area contributed by atoms with Crippen LogP contribution in [0.2, 0.25) is 0 Å². The minimum absolute atomic E-state index is 0.0858. The topological polar surface area (TPSA) is 45.0 Å². The molecule has 0 spiro atoms. The van der Waals surface area contributed by atoms with E-state index in [1.165, 1.54) is 0 Å². The van der Waals surface area contributed by atoms with Crippen LogP contribution in [0.3, 0.4) is 0 Å². The Hall–Kier alpha value is -1.95. The van der Waals surface area contributed by atoms with Crippen molar-refractivity contribution < 1.29 is 4.74 Å². The predicted molar refractivity (Wildman–Crippen MR) is 70.1 cm³/mol. The van der Waals surface area contributed by atoms with Crippen molar-refractivity contribution in [3.05, 3.63) is 36.9 Å². The standard InChI is InChI=1S/C14H18N2O/c1-3-4-5-12(2)16-13-6-8-14(9-7-13)17-11-10-15/h3,6-9,12,16H,1,4-5,11H2,2H3. The maximum Gasteiger partial charge on any atom is 0.174 e. The first-order valence-electron chi connectivity index (χ1n) is 5.73. The molecule has 0 radical (unpaired) electrons. The van der Waals surface area contributed by atoms with Crippen LogP contribution in [-0.4, -0.2) is 12.6 Å². The van der Waals surface area contributed by atoms with E-state index < -0.39 is 0 Å². The molecule has 90 valence electrons. The first-order valence-corrected chi connectivity index (χ1v) is 5.73. The van der Waals surface area contributed by atoms with E-state index in [1.807, 2.05) is 36.4 Å². The fourth-order valence-electron chi connectivity index (χ4n) is 1.49. The molecular weight excluding hydrogens is 212 g/mol. The van der Waals surface area contributed by atoms with Gasteiger partial charge in [0.05, 0.1) is 0 Å². The van der Waals surface area contributed by atoms with Crippen molar-refractivity contribution in [3.8, 4) is 11.8 Å². The van der Waals surface area contributed by atoms with E-state index in [1.54, 1.807) is 0 Å². The van der Waals surface area contributed by atoms with E-state index >= 15 is 0 Å². The molecule has 0 heterocycles. The minimum Gasteiger partial charge on any atom is -0.479 e. The lowest BCUT2D eigenvalue weighted by Crippen LogP contribution is -2.14. The van der Waals surface area contributed by atoms with Gasteiger partial charge in [0.1, 0.15) is 11.8 Å². The fourth-order valence-corrected chi connectivity index (χ4v) is 1.49. The zero-order chi connectivity index (χ0) is 12.5. The Balaban J connectivity index is 2.44. The molecule has 1 aromatic carbocycles. The molecule has 0 saturated heterocycles. The number of rotatable bonds is 7. The highest BCUT2D eigenvalue weighted by Crippen LogP contribution is 2.17. The molecule has 0 amide bonds. The predicted octanol–water partition coefficient (Wildman–Crippen LogP) is 3.36. The van der Waals surface area contributed by atoms with E-state index in [-0.39, 0.29) is 6.61 Å². The van der Waals surface area contributed by atoms with E-state index in [9.17, 15) is 0 Å².